The Kier molecular flexibility index (Phi) is 2.95. The number of rotatable bonds is 3. The molecule has 0 aromatic carbocycles. The molecule has 0 bridgehead atoms. The molecule has 0 spiro atoms. The molecule has 7 nitrogen and oxygen atoms in total. The topological polar surface area (TPSA) is 110 Å². The molecule has 2 aromatic rings. The van der Waals surface area contributed by atoms with Crippen LogP contribution in [0.1, 0.15) is 16.2 Å². The Bertz CT molecular complexity index is 526. The molecule has 17 heavy (non-hydrogen) atoms. The zero-order chi connectivity index (χ0) is 12.3. The number of H-pyrrole nitrogens is 1. The highest BCUT2D eigenvalue weighted by atomic mass is 19.1. The van der Waals surface area contributed by atoms with Crippen molar-refractivity contribution in [1.29, 1.82) is 0 Å². The van der Waals surface area contributed by atoms with E-state index in [1.165, 1.54) is 6.33 Å². The number of aromatic amines is 1. The number of aromatic nitrogens is 4. The number of hydrogen-bond acceptors (Lipinski definition) is 5. The van der Waals surface area contributed by atoms with Crippen LogP contribution in [0.5, 0.6) is 0 Å². The Labute approximate surface area is 95.3 Å². The van der Waals surface area contributed by atoms with Crippen molar-refractivity contribution in [2.45, 2.75) is 6.54 Å². The summed E-state index contributed by atoms with van der Waals surface area (Å²) < 4.78 is 12.9. The number of nitrogens with one attached hydrogen (secondary N) is 2. The second-order valence-corrected chi connectivity index (χ2v) is 3.20. The summed E-state index contributed by atoms with van der Waals surface area (Å²) in [5.41, 5.74) is 5.46. The van der Waals surface area contributed by atoms with E-state index in [0.717, 1.165) is 12.3 Å². The second-order valence-electron chi connectivity index (χ2n) is 3.20. The zero-order valence-electron chi connectivity index (χ0n) is 8.64. The maximum absolute atomic E-state index is 12.9. The van der Waals surface area contributed by atoms with E-state index in [0.29, 0.717) is 5.82 Å². The molecular weight excluding hydrogens is 227 g/mol. The van der Waals surface area contributed by atoms with Crippen LogP contribution in [-0.2, 0) is 6.54 Å². The number of halogens is 1. The fourth-order valence-electron chi connectivity index (χ4n) is 1.21. The van der Waals surface area contributed by atoms with E-state index in [1.807, 2.05) is 0 Å². The van der Waals surface area contributed by atoms with Crippen molar-refractivity contribution in [2.75, 3.05) is 5.73 Å². The van der Waals surface area contributed by atoms with E-state index in [2.05, 4.69) is 25.5 Å². The minimum absolute atomic E-state index is 0.00971. The van der Waals surface area contributed by atoms with Gasteiger partial charge in [-0.05, 0) is 6.07 Å². The van der Waals surface area contributed by atoms with E-state index in [9.17, 15) is 9.18 Å². The van der Waals surface area contributed by atoms with E-state index in [4.69, 9.17) is 5.73 Å². The zero-order valence-corrected chi connectivity index (χ0v) is 8.64. The summed E-state index contributed by atoms with van der Waals surface area (Å²) in [5.74, 6) is -0.683. The maximum atomic E-state index is 12.9. The van der Waals surface area contributed by atoms with Crippen LogP contribution >= 0.6 is 0 Å². The smallest absolute Gasteiger partial charge is 0.255 e. The molecule has 8 heteroatoms. The fourth-order valence-corrected chi connectivity index (χ4v) is 1.21. The first-order valence-corrected chi connectivity index (χ1v) is 4.70. The van der Waals surface area contributed by atoms with Crippen LogP contribution in [0.2, 0.25) is 0 Å². The van der Waals surface area contributed by atoms with Gasteiger partial charge in [0, 0.05) is 0 Å². The predicted molar refractivity (Wildman–Crippen MR) is 56.2 cm³/mol. The van der Waals surface area contributed by atoms with Crippen LogP contribution in [0, 0.1) is 5.82 Å². The molecule has 2 rings (SSSR count). The lowest BCUT2D eigenvalue weighted by Gasteiger charge is -2.05. The third-order valence-corrected chi connectivity index (χ3v) is 2.01. The average Bonchev–Trinajstić information content (AvgIpc) is 2.82. The van der Waals surface area contributed by atoms with Gasteiger partial charge in [0.25, 0.3) is 5.91 Å². The summed E-state index contributed by atoms with van der Waals surface area (Å²) in [5, 5.41) is 8.70. The minimum Gasteiger partial charge on any atom is -0.383 e. The Morgan fingerprint density at radius 1 is 1.53 bits per heavy atom. The standard InChI is InChI=1S/C9H9FN6O/c10-5-1-6(8(11)12-2-5)9(17)13-3-7-14-4-15-16-7/h1-2,4H,3H2,(H2,11,12)(H,13,17)(H,14,15,16). The van der Waals surface area contributed by atoms with Crippen molar-refractivity contribution < 1.29 is 9.18 Å². The van der Waals surface area contributed by atoms with Crippen LogP contribution < -0.4 is 11.1 Å². The van der Waals surface area contributed by atoms with Gasteiger partial charge in [-0.25, -0.2) is 14.4 Å². The van der Waals surface area contributed by atoms with Gasteiger partial charge in [-0.1, -0.05) is 0 Å². The molecule has 88 valence electrons. The molecule has 0 aliphatic heterocycles. The molecule has 4 N–H and O–H groups in total. The van der Waals surface area contributed by atoms with Crippen molar-refractivity contribution >= 4 is 11.7 Å². The van der Waals surface area contributed by atoms with Crippen molar-refractivity contribution in [1.82, 2.24) is 25.5 Å². The summed E-state index contributed by atoms with van der Waals surface area (Å²) in [6.07, 6.45) is 2.27. The van der Waals surface area contributed by atoms with Crippen LogP contribution in [0.4, 0.5) is 10.2 Å². The lowest BCUT2D eigenvalue weighted by atomic mass is 10.2. The second kappa shape index (κ2) is 4.56. The molecule has 1 amide bonds. The highest BCUT2D eigenvalue weighted by Gasteiger charge is 2.12. The van der Waals surface area contributed by atoms with Crippen LogP contribution in [0.3, 0.4) is 0 Å². The fraction of sp³-hybridized carbons (Fsp3) is 0.111. The molecular formula is C9H9FN6O. The number of carbonyl (C=O) groups excluding carboxylic acids is 1. The maximum Gasteiger partial charge on any atom is 0.255 e. The molecule has 0 fully saturated rings. The first kappa shape index (κ1) is 11.0. The van der Waals surface area contributed by atoms with Gasteiger partial charge >= 0.3 is 0 Å². The van der Waals surface area contributed by atoms with Gasteiger partial charge in [-0.15, -0.1) is 0 Å². The van der Waals surface area contributed by atoms with Gasteiger partial charge in [0.1, 0.15) is 23.8 Å². The Balaban J connectivity index is 2.07. The molecule has 2 heterocycles. The van der Waals surface area contributed by atoms with Gasteiger partial charge in [0.05, 0.1) is 18.3 Å². The number of hydrogen-bond donors (Lipinski definition) is 3. The quantitative estimate of drug-likeness (QED) is 0.686. The highest BCUT2D eigenvalue weighted by molar-refractivity contribution is 5.98. The normalized spacial score (nSPS) is 10.2. The first-order chi connectivity index (χ1) is 8.16. The number of amides is 1. The van der Waals surface area contributed by atoms with Gasteiger partial charge in [-0.2, -0.15) is 5.10 Å². The highest BCUT2D eigenvalue weighted by Crippen LogP contribution is 2.09. The van der Waals surface area contributed by atoms with Crippen LogP contribution in [0.15, 0.2) is 18.6 Å². The first-order valence-electron chi connectivity index (χ1n) is 4.70. The van der Waals surface area contributed by atoms with E-state index < -0.39 is 11.7 Å². The van der Waals surface area contributed by atoms with E-state index in [-0.39, 0.29) is 17.9 Å². The average molecular weight is 236 g/mol. The van der Waals surface area contributed by atoms with Crippen molar-refractivity contribution in [2.24, 2.45) is 0 Å². The van der Waals surface area contributed by atoms with Gasteiger partial charge in [0.15, 0.2) is 0 Å². The number of anilines is 1. The molecule has 0 unspecified atom stereocenters. The summed E-state index contributed by atoms with van der Waals surface area (Å²) in [6.45, 7) is 0.148. The SMILES string of the molecule is Nc1ncc(F)cc1C(=O)NCc1ncn[nH]1. The molecule has 0 saturated carbocycles. The molecule has 0 radical (unpaired) electrons. The largest absolute Gasteiger partial charge is 0.383 e. The number of nitrogens with zero attached hydrogens (tertiary/aromatic N) is 3. The third kappa shape index (κ3) is 2.54. The molecule has 0 atom stereocenters. The summed E-state index contributed by atoms with van der Waals surface area (Å²) in [4.78, 5) is 19.0. The minimum atomic E-state index is -0.621. The Hall–Kier alpha value is -2.51. The summed E-state index contributed by atoms with van der Waals surface area (Å²) in [6, 6.07) is 1.03. The Morgan fingerprint density at radius 3 is 3.06 bits per heavy atom. The summed E-state index contributed by atoms with van der Waals surface area (Å²) >= 11 is 0. The van der Waals surface area contributed by atoms with Crippen LogP contribution in [-0.4, -0.2) is 26.1 Å². The summed E-state index contributed by atoms with van der Waals surface area (Å²) in [7, 11) is 0. The number of carbonyl (C=O) groups is 1. The monoisotopic (exact) mass is 236 g/mol. The lowest BCUT2D eigenvalue weighted by molar-refractivity contribution is 0.0950. The Morgan fingerprint density at radius 2 is 2.35 bits per heavy atom. The van der Waals surface area contributed by atoms with Crippen molar-refractivity contribution in [3.05, 3.63) is 35.8 Å². The van der Waals surface area contributed by atoms with Crippen molar-refractivity contribution in [3.63, 3.8) is 0 Å². The van der Waals surface area contributed by atoms with Gasteiger partial charge < -0.3 is 11.1 Å². The predicted octanol–water partition coefficient (Wildman–Crippen LogP) is -0.149. The van der Waals surface area contributed by atoms with Gasteiger partial charge in [0.2, 0.25) is 0 Å². The molecule has 2 aromatic heterocycles. The third-order valence-electron chi connectivity index (χ3n) is 2.01. The molecule has 0 saturated heterocycles. The van der Waals surface area contributed by atoms with Gasteiger partial charge in [-0.3, -0.25) is 9.89 Å². The molecule has 0 aliphatic carbocycles. The van der Waals surface area contributed by atoms with E-state index in [1.54, 1.807) is 0 Å². The number of nitrogens with two attached hydrogens (primary N) is 1. The number of pyridine rings is 1. The van der Waals surface area contributed by atoms with Crippen molar-refractivity contribution in [3.8, 4) is 0 Å². The lowest BCUT2D eigenvalue weighted by Crippen LogP contribution is -2.24. The van der Waals surface area contributed by atoms with Crippen LogP contribution in [0.25, 0.3) is 0 Å². The molecule has 0 aliphatic rings. The number of nitrogen functional groups attached to an aromatic ring is 1. The van der Waals surface area contributed by atoms with E-state index >= 15 is 0 Å².